The van der Waals surface area contributed by atoms with Crippen molar-refractivity contribution in [1.82, 2.24) is 0 Å². The second kappa shape index (κ2) is 18.2. The summed E-state index contributed by atoms with van der Waals surface area (Å²) in [4.78, 5) is 19.7. The monoisotopic (exact) mass is 440 g/mol. The minimum Gasteiger partial charge on any atom is -0.481 e. The molecule has 0 unspecified atom stereocenters. The maximum absolute atomic E-state index is 9.87. The molecule has 0 aromatic heterocycles. The second-order valence-electron chi connectivity index (χ2n) is 3.70. The van der Waals surface area contributed by atoms with Gasteiger partial charge in [0.1, 0.15) is 0 Å². The molecule has 0 aliphatic heterocycles. The first-order valence-corrected chi connectivity index (χ1v) is 5.98. The number of unbranched alkanes of at least 4 members (excludes halogenated alkanes) is 4. The third-order valence-electron chi connectivity index (χ3n) is 1.99. The van der Waals surface area contributed by atoms with Crippen LogP contribution in [0, 0.1) is 0 Å². The normalized spacial score (nSPS) is 8.59. The molecule has 0 bridgehead atoms. The van der Waals surface area contributed by atoms with Gasteiger partial charge in [0.2, 0.25) is 0 Å². The molecule has 0 aliphatic rings. The molecule has 0 amide bonds. The van der Waals surface area contributed by atoms with Crippen LogP contribution in [0.25, 0.3) is 0 Å². The molecule has 0 fully saturated rings. The van der Waals surface area contributed by atoms with Crippen LogP contribution in [0.3, 0.4) is 0 Å². The van der Waals surface area contributed by atoms with Crippen LogP contribution in [0.1, 0.15) is 65.2 Å². The number of hydrogen-bond acceptors (Lipinski definition) is 2. The summed E-state index contributed by atoms with van der Waals surface area (Å²) in [6.07, 6.45) is 6.55. The van der Waals surface area contributed by atoms with Crippen LogP contribution in [0.5, 0.6) is 0 Å². The van der Waals surface area contributed by atoms with E-state index in [1.807, 2.05) is 0 Å². The molecule has 4 nitrogen and oxygen atoms in total. The van der Waals surface area contributed by atoms with Crippen molar-refractivity contribution in [3.63, 3.8) is 0 Å². The number of carboxylic acids is 2. The molecule has 0 spiro atoms. The van der Waals surface area contributed by atoms with Gasteiger partial charge >= 0.3 is 11.9 Å². The van der Waals surface area contributed by atoms with Gasteiger partial charge in [-0.3, -0.25) is 9.59 Å². The van der Waals surface area contributed by atoms with Crippen LogP contribution in [0.2, 0.25) is 0 Å². The van der Waals surface area contributed by atoms with E-state index in [9.17, 15) is 9.59 Å². The Morgan fingerprint density at radius 2 is 1.06 bits per heavy atom. The predicted octanol–water partition coefficient (Wildman–Crippen LogP) is 2.92. The molecule has 0 atom stereocenters. The quantitative estimate of drug-likeness (QED) is 0.451. The van der Waals surface area contributed by atoms with Crippen molar-refractivity contribution in [1.29, 1.82) is 0 Å². The topological polar surface area (TPSA) is 74.6 Å². The standard InChI is InChI=1S/2C6H12O2.Pb/c2*1-2-3-4-5-6(7)8;/h2*2-5H2,1H3,(H,7,8);. The number of aliphatic carboxylic acids is 2. The van der Waals surface area contributed by atoms with Gasteiger partial charge in [0.25, 0.3) is 0 Å². The Morgan fingerprint density at radius 1 is 0.765 bits per heavy atom. The van der Waals surface area contributed by atoms with Crippen LogP contribution in [0.15, 0.2) is 0 Å². The van der Waals surface area contributed by atoms with Crippen molar-refractivity contribution in [2.75, 3.05) is 0 Å². The summed E-state index contributed by atoms with van der Waals surface area (Å²) in [5.41, 5.74) is 0. The molecule has 4 radical (unpaired) electrons. The van der Waals surface area contributed by atoms with E-state index in [4.69, 9.17) is 10.2 Å². The van der Waals surface area contributed by atoms with E-state index in [2.05, 4.69) is 13.8 Å². The van der Waals surface area contributed by atoms with E-state index >= 15 is 0 Å². The third-order valence-corrected chi connectivity index (χ3v) is 1.99. The maximum Gasteiger partial charge on any atom is 0.303 e. The summed E-state index contributed by atoms with van der Waals surface area (Å²) in [5.74, 6) is -1.36. The summed E-state index contributed by atoms with van der Waals surface area (Å²) in [6.45, 7) is 4.11. The maximum atomic E-state index is 9.87. The zero-order chi connectivity index (χ0) is 12.8. The van der Waals surface area contributed by atoms with Crippen molar-refractivity contribution in [2.24, 2.45) is 0 Å². The van der Waals surface area contributed by atoms with E-state index in [0.717, 1.165) is 38.5 Å². The minimum atomic E-state index is -0.682. The van der Waals surface area contributed by atoms with E-state index in [-0.39, 0.29) is 27.3 Å². The van der Waals surface area contributed by atoms with E-state index in [0.29, 0.717) is 12.8 Å². The van der Waals surface area contributed by atoms with E-state index in [1.54, 1.807) is 0 Å². The Hall–Kier alpha value is -0.138. The molecule has 0 saturated carbocycles. The van der Waals surface area contributed by atoms with Crippen molar-refractivity contribution in [3.05, 3.63) is 0 Å². The second-order valence-corrected chi connectivity index (χ2v) is 3.70. The van der Waals surface area contributed by atoms with Gasteiger partial charge < -0.3 is 10.2 Å². The largest absolute Gasteiger partial charge is 0.481 e. The Labute approximate surface area is 124 Å². The first kappa shape index (κ1) is 22.1. The smallest absolute Gasteiger partial charge is 0.303 e. The van der Waals surface area contributed by atoms with E-state index < -0.39 is 11.9 Å². The number of rotatable bonds is 8. The van der Waals surface area contributed by atoms with Gasteiger partial charge in [-0.25, -0.2) is 0 Å². The molecule has 0 aromatic rings. The summed E-state index contributed by atoms with van der Waals surface area (Å²) in [7, 11) is 0. The van der Waals surface area contributed by atoms with Crippen LogP contribution in [-0.4, -0.2) is 49.5 Å². The minimum absolute atomic E-state index is 0. The first-order chi connectivity index (χ1) is 7.54. The van der Waals surface area contributed by atoms with Crippen molar-refractivity contribution in [2.45, 2.75) is 65.2 Å². The molecule has 17 heavy (non-hydrogen) atoms. The van der Waals surface area contributed by atoms with Gasteiger partial charge in [-0.1, -0.05) is 39.5 Å². The molecule has 100 valence electrons. The number of hydrogen-bond donors (Lipinski definition) is 2. The zero-order valence-electron chi connectivity index (χ0n) is 10.9. The molecule has 0 rings (SSSR count). The Morgan fingerprint density at radius 3 is 1.24 bits per heavy atom. The number of carboxylic acid groups (broad SMARTS) is 2. The molecule has 0 saturated heterocycles. The summed E-state index contributed by atoms with van der Waals surface area (Å²) >= 11 is 0. The molecule has 2 N–H and O–H groups in total. The van der Waals surface area contributed by atoms with Gasteiger partial charge in [0, 0.05) is 40.1 Å². The van der Waals surface area contributed by atoms with Gasteiger partial charge in [0.15, 0.2) is 0 Å². The average molecular weight is 440 g/mol. The first-order valence-electron chi connectivity index (χ1n) is 5.98. The molecular formula is C12H24O4Pb. The van der Waals surface area contributed by atoms with Gasteiger partial charge in [0.05, 0.1) is 0 Å². The van der Waals surface area contributed by atoms with Crippen molar-refractivity contribution >= 4 is 39.2 Å². The Bertz CT molecular complexity index is 163. The summed E-state index contributed by atoms with van der Waals surface area (Å²) in [6, 6.07) is 0. The molecule has 0 aromatic carbocycles. The molecule has 5 heteroatoms. The molecule has 0 aliphatic carbocycles. The molecular weight excluding hydrogens is 415 g/mol. The predicted molar refractivity (Wildman–Crippen MR) is 69.3 cm³/mol. The Kier molecular flexibility index (Phi) is 23.7. The SMILES string of the molecule is CCCCCC(=O)O.CCCCCC(=O)O.[Pb]. The Balaban J connectivity index is -0.000000218. The fourth-order valence-electron chi connectivity index (χ4n) is 1.05. The van der Waals surface area contributed by atoms with Crippen LogP contribution in [0.4, 0.5) is 0 Å². The van der Waals surface area contributed by atoms with Gasteiger partial charge in [-0.05, 0) is 12.8 Å². The summed E-state index contributed by atoms with van der Waals surface area (Å²) < 4.78 is 0. The number of carbonyl (C=O) groups is 2. The van der Waals surface area contributed by atoms with Crippen molar-refractivity contribution in [3.8, 4) is 0 Å². The zero-order valence-corrected chi connectivity index (χ0v) is 14.8. The fraction of sp³-hybridized carbons (Fsp3) is 0.833. The molecule has 0 heterocycles. The van der Waals surface area contributed by atoms with E-state index in [1.165, 1.54) is 0 Å². The fourth-order valence-corrected chi connectivity index (χ4v) is 1.05. The van der Waals surface area contributed by atoms with Crippen LogP contribution in [-0.2, 0) is 9.59 Å². The van der Waals surface area contributed by atoms with Gasteiger partial charge in [-0.2, -0.15) is 0 Å². The average Bonchev–Trinajstić information content (AvgIpc) is 2.18. The summed E-state index contributed by atoms with van der Waals surface area (Å²) in [5, 5.41) is 16.3. The van der Waals surface area contributed by atoms with Crippen LogP contribution >= 0.6 is 0 Å². The van der Waals surface area contributed by atoms with Crippen molar-refractivity contribution < 1.29 is 19.8 Å². The third kappa shape index (κ3) is 31.3. The van der Waals surface area contributed by atoms with Gasteiger partial charge in [-0.15, -0.1) is 0 Å². The van der Waals surface area contributed by atoms with Crippen LogP contribution < -0.4 is 0 Å².